The summed E-state index contributed by atoms with van der Waals surface area (Å²) in [6.45, 7) is 17.2. The first-order chi connectivity index (χ1) is 21.8. The number of aliphatic hydroxyl groups excluding tert-OH is 1. The third-order valence-electron chi connectivity index (χ3n) is 9.73. The van der Waals surface area contributed by atoms with Crippen molar-refractivity contribution in [2.75, 3.05) is 23.3 Å². The van der Waals surface area contributed by atoms with Crippen LogP contribution in [0.25, 0.3) is 5.57 Å². The summed E-state index contributed by atoms with van der Waals surface area (Å²) in [6, 6.07) is 9.39. The Morgan fingerprint density at radius 2 is 1.61 bits per heavy atom. The molecule has 2 aromatic rings. The van der Waals surface area contributed by atoms with Crippen molar-refractivity contribution in [1.82, 2.24) is 5.01 Å². The maximum atomic E-state index is 14.0. The summed E-state index contributed by atoms with van der Waals surface area (Å²) >= 11 is 0. The van der Waals surface area contributed by atoms with Crippen molar-refractivity contribution in [2.45, 2.75) is 99.5 Å². The average Bonchev–Trinajstić information content (AvgIpc) is 3.64. The van der Waals surface area contributed by atoms with Crippen LogP contribution in [0.4, 0.5) is 11.4 Å². The van der Waals surface area contributed by atoms with Crippen molar-refractivity contribution in [2.24, 2.45) is 11.0 Å². The Balaban J connectivity index is 1.57. The summed E-state index contributed by atoms with van der Waals surface area (Å²) in [5.41, 5.74) is 5.54. The van der Waals surface area contributed by atoms with Crippen LogP contribution >= 0.6 is 0 Å². The molecule has 2 aromatic carbocycles. The van der Waals surface area contributed by atoms with Crippen LogP contribution in [0.3, 0.4) is 0 Å². The highest BCUT2D eigenvalue weighted by atomic mass is 16.3. The topological polar surface area (TPSA) is 102 Å². The maximum absolute atomic E-state index is 14.0. The smallest absolute Gasteiger partial charge is 0.277 e. The molecule has 0 radical (unpaired) electrons. The summed E-state index contributed by atoms with van der Waals surface area (Å²) in [6.07, 6.45) is 6.26. The molecule has 2 amide bonds. The molecule has 8 heteroatoms. The third kappa shape index (κ3) is 6.14. The van der Waals surface area contributed by atoms with Gasteiger partial charge in [-0.1, -0.05) is 31.7 Å². The molecular weight excluding hydrogens is 576 g/mol. The molecule has 5 rings (SSSR count). The Hall–Kier alpha value is -4.20. The SMILES string of the molecule is CCN(CC)c1ccc(C2=C(O)/C(=C3/C(=O)N(C(C)(C)C)N=C3CCC3CCCC3)C2=O)c(NC(=O)c2cc(C)c(C)cc2C)c1. The number of Topliss-reactive ketones (excluding diaryl/α,β-unsaturated/α-hetero) is 1. The molecule has 8 nitrogen and oxygen atoms in total. The zero-order valence-corrected chi connectivity index (χ0v) is 28.6. The predicted octanol–water partition coefficient (Wildman–Crippen LogP) is 7.83. The minimum atomic E-state index is -0.586. The number of carbonyl (C=O) groups excluding carboxylic acids is 3. The lowest BCUT2D eigenvalue weighted by Crippen LogP contribution is -2.40. The Morgan fingerprint density at radius 1 is 0.957 bits per heavy atom. The van der Waals surface area contributed by atoms with Gasteiger partial charge in [-0.05, 0) is 115 Å². The lowest BCUT2D eigenvalue weighted by molar-refractivity contribution is -0.130. The third-order valence-corrected chi connectivity index (χ3v) is 9.73. The first kappa shape index (κ1) is 33.2. The summed E-state index contributed by atoms with van der Waals surface area (Å²) in [4.78, 5) is 43.6. The van der Waals surface area contributed by atoms with Crippen LogP contribution in [-0.4, -0.2) is 52.1 Å². The van der Waals surface area contributed by atoms with E-state index in [0.29, 0.717) is 34.9 Å². The lowest BCUT2D eigenvalue weighted by Gasteiger charge is -2.29. The summed E-state index contributed by atoms with van der Waals surface area (Å²) < 4.78 is 0. The number of aryl methyl sites for hydroxylation is 3. The number of rotatable bonds is 9. The number of amides is 2. The molecular formula is C38H48N4O4. The van der Waals surface area contributed by atoms with Crippen LogP contribution in [0.15, 0.2) is 52.3 Å². The lowest BCUT2D eigenvalue weighted by atomic mass is 9.78. The van der Waals surface area contributed by atoms with Crippen molar-refractivity contribution in [3.63, 3.8) is 0 Å². The van der Waals surface area contributed by atoms with E-state index in [4.69, 9.17) is 5.10 Å². The second-order valence-electron chi connectivity index (χ2n) is 13.9. The van der Waals surface area contributed by atoms with Gasteiger partial charge < -0.3 is 15.3 Å². The van der Waals surface area contributed by atoms with Gasteiger partial charge in [-0.3, -0.25) is 14.4 Å². The number of nitrogens with zero attached hydrogens (tertiary/aromatic N) is 3. The molecule has 46 heavy (non-hydrogen) atoms. The van der Waals surface area contributed by atoms with Crippen molar-refractivity contribution in [1.29, 1.82) is 0 Å². The van der Waals surface area contributed by atoms with Gasteiger partial charge >= 0.3 is 0 Å². The molecule has 1 fully saturated rings. The predicted molar refractivity (Wildman–Crippen MR) is 185 cm³/mol. The number of hydrogen-bond acceptors (Lipinski definition) is 6. The Morgan fingerprint density at radius 3 is 2.22 bits per heavy atom. The van der Waals surface area contributed by atoms with E-state index in [0.717, 1.165) is 41.9 Å². The van der Waals surface area contributed by atoms with Crippen molar-refractivity contribution in [3.05, 3.63) is 75.1 Å². The van der Waals surface area contributed by atoms with Crippen molar-refractivity contribution < 1.29 is 19.5 Å². The highest BCUT2D eigenvalue weighted by Crippen LogP contribution is 2.44. The van der Waals surface area contributed by atoms with Crippen molar-refractivity contribution in [3.8, 4) is 0 Å². The van der Waals surface area contributed by atoms with E-state index in [-0.39, 0.29) is 34.3 Å². The number of allylic oxidation sites excluding steroid dienone is 2. The van der Waals surface area contributed by atoms with Crippen LogP contribution in [0.2, 0.25) is 0 Å². The second kappa shape index (κ2) is 12.9. The zero-order valence-electron chi connectivity index (χ0n) is 28.6. The highest BCUT2D eigenvalue weighted by Gasteiger charge is 2.46. The van der Waals surface area contributed by atoms with Crippen molar-refractivity contribution >= 4 is 40.3 Å². The summed E-state index contributed by atoms with van der Waals surface area (Å²) in [5, 5.41) is 20.8. The molecule has 244 valence electrons. The molecule has 2 N–H and O–H groups in total. The van der Waals surface area contributed by atoms with E-state index in [2.05, 4.69) is 24.1 Å². The minimum Gasteiger partial charge on any atom is -0.506 e. The fourth-order valence-electron chi connectivity index (χ4n) is 6.88. The fraction of sp³-hybridized carbons (Fsp3) is 0.474. The van der Waals surface area contributed by atoms with Crippen LogP contribution in [-0.2, 0) is 9.59 Å². The Labute approximate surface area is 273 Å². The monoisotopic (exact) mass is 624 g/mol. The maximum Gasteiger partial charge on any atom is 0.277 e. The van der Waals surface area contributed by atoms with Gasteiger partial charge in [0.2, 0.25) is 5.78 Å². The number of ketones is 1. The van der Waals surface area contributed by atoms with Gasteiger partial charge in [-0.2, -0.15) is 5.10 Å². The molecule has 3 aliphatic rings. The number of carbonyl (C=O) groups is 3. The molecule has 0 saturated heterocycles. The standard InChI is InChI=1S/C38H48N4O4/c1-9-41(10-2)26-16-17-27(30(21-26)39-36(45)28-20-23(4)22(3)19-24(28)5)31-34(43)33(35(31)44)32-29(18-15-25-13-11-12-14-25)40-42(37(32)46)38(6,7)8/h16-17,19-21,25,43H,9-15,18H2,1-8H3,(H,39,45)/b33-32-. The second-order valence-corrected chi connectivity index (χ2v) is 13.9. The number of aliphatic hydroxyl groups is 1. The Kier molecular flexibility index (Phi) is 9.30. The van der Waals surface area contributed by atoms with E-state index in [9.17, 15) is 19.5 Å². The molecule has 2 aliphatic carbocycles. The van der Waals surface area contributed by atoms with E-state index < -0.39 is 11.3 Å². The Bertz CT molecular complexity index is 1680. The number of nitrogens with one attached hydrogen (secondary N) is 1. The fourth-order valence-corrected chi connectivity index (χ4v) is 6.88. The number of hydrogen-bond donors (Lipinski definition) is 2. The molecule has 1 aliphatic heterocycles. The number of benzene rings is 2. The van der Waals surface area contributed by atoms with E-state index in [1.165, 1.54) is 30.7 Å². The molecule has 0 bridgehead atoms. The van der Waals surface area contributed by atoms with Gasteiger partial charge in [0.15, 0.2) is 0 Å². The molecule has 0 spiro atoms. The van der Waals surface area contributed by atoms with E-state index in [1.54, 1.807) is 6.07 Å². The van der Waals surface area contributed by atoms with Gasteiger partial charge in [-0.15, -0.1) is 0 Å². The quantitative estimate of drug-likeness (QED) is 0.277. The van der Waals surface area contributed by atoms with E-state index >= 15 is 0 Å². The molecule has 1 saturated carbocycles. The first-order valence-electron chi connectivity index (χ1n) is 16.7. The normalized spacial score (nSPS) is 18.8. The van der Waals surface area contributed by atoms with Gasteiger partial charge in [0.25, 0.3) is 11.8 Å². The number of hydrazone groups is 1. The summed E-state index contributed by atoms with van der Waals surface area (Å²) in [7, 11) is 0. The summed E-state index contributed by atoms with van der Waals surface area (Å²) in [5.74, 6) is -0.721. The van der Waals surface area contributed by atoms with Crippen LogP contribution in [0, 0.1) is 26.7 Å². The van der Waals surface area contributed by atoms with Gasteiger partial charge in [0, 0.05) is 29.9 Å². The zero-order chi connectivity index (χ0) is 33.5. The average molecular weight is 625 g/mol. The minimum absolute atomic E-state index is 0.0204. The largest absolute Gasteiger partial charge is 0.506 e. The van der Waals surface area contributed by atoms with Crippen LogP contribution < -0.4 is 10.2 Å². The highest BCUT2D eigenvalue weighted by molar-refractivity contribution is 6.44. The van der Waals surface area contributed by atoms with Gasteiger partial charge in [0.05, 0.1) is 33.7 Å². The molecule has 0 atom stereocenters. The van der Waals surface area contributed by atoms with E-state index in [1.807, 2.05) is 65.8 Å². The van der Waals surface area contributed by atoms with Gasteiger partial charge in [-0.25, -0.2) is 5.01 Å². The van der Waals surface area contributed by atoms with Crippen LogP contribution in [0.5, 0.6) is 0 Å². The first-order valence-corrected chi connectivity index (χ1v) is 16.7. The number of anilines is 2. The van der Waals surface area contributed by atoms with Crippen LogP contribution in [0.1, 0.15) is 106 Å². The van der Waals surface area contributed by atoms with Gasteiger partial charge in [0.1, 0.15) is 5.76 Å². The molecule has 0 unspecified atom stereocenters. The molecule has 0 aromatic heterocycles. The molecule has 1 heterocycles.